The molecule has 0 radical (unpaired) electrons. The molecule has 20 heavy (non-hydrogen) atoms. The molecule has 2 atom stereocenters. The predicted octanol–water partition coefficient (Wildman–Crippen LogP) is 0.684. The maximum atomic E-state index is 11.9. The van der Waals surface area contributed by atoms with E-state index in [0.717, 1.165) is 5.56 Å². The van der Waals surface area contributed by atoms with E-state index in [2.05, 4.69) is 5.32 Å². The molecule has 5 nitrogen and oxygen atoms in total. The Hall–Kier alpha value is -1.43. The van der Waals surface area contributed by atoms with Gasteiger partial charge < -0.3 is 19.9 Å². The summed E-state index contributed by atoms with van der Waals surface area (Å²) in [5.41, 5.74) is 0.0821. The van der Waals surface area contributed by atoms with Crippen LogP contribution in [0.2, 0.25) is 0 Å². The average molecular weight is 279 g/mol. The summed E-state index contributed by atoms with van der Waals surface area (Å²) < 4.78 is 10.0. The Morgan fingerprint density at radius 3 is 2.85 bits per heavy atom. The Morgan fingerprint density at radius 1 is 1.50 bits per heavy atom. The average Bonchev–Trinajstić information content (AvgIpc) is 2.91. The molecule has 2 unspecified atom stereocenters. The zero-order valence-electron chi connectivity index (χ0n) is 11.7. The van der Waals surface area contributed by atoms with Gasteiger partial charge in [0.2, 0.25) is 0 Å². The standard InChI is InChI=1S/C15H21NO4/c1-19-14(17)13(12-5-3-2-4-6-12)9-16-10-15(18)7-8-20-11-15/h2-6,13,16,18H,7-11H2,1H3. The zero-order chi connectivity index (χ0) is 14.4. The third kappa shape index (κ3) is 3.79. The van der Waals surface area contributed by atoms with E-state index < -0.39 is 5.60 Å². The Bertz CT molecular complexity index is 429. The second kappa shape index (κ2) is 6.83. The molecule has 2 N–H and O–H groups in total. The third-order valence-corrected chi connectivity index (χ3v) is 3.57. The van der Waals surface area contributed by atoms with Crippen LogP contribution in [-0.4, -0.2) is 50.1 Å². The Morgan fingerprint density at radius 2 is 2.25 bits per heavy atom. The Kier molecular flexibility index (Phi) is 5.11. The minimum Gasteiger partial charge on any atom is -0.469 e. The molecular weight excluding hydrogens is 258 g/mol. The van der Waals surface area contributed by atoms with Crippen LogP contribution in [0.1, 0.15) is 17.9 Å². The maximum absolute atomic E-state index is 11.9. The second-order valence-corrected chi connectivity index (χ2v) is 5.14. The number of nitrogens with one attached hydrogen (secondary N) is 1. The highest BCUT2D eigenvalue weighted by Gasteiger charge is 2.32. The lowest BCUT2D eigenvalue weighted by Crippen LogP contribution is -2.43. The maximum Gasteiger partial charge on any atom is 0.314 e. The first-order chi connectivity index (χ1) is 9.64. The molecule has 0 bridgehead atoms. The predicted molar refractivity (Wildman–Crippen MR) is 74.5 cm³/mol. The fourth-order valence-electron chi connectivity index (χ4n) is 2.35. The van der Waals surface area contributed by atoms with E-state index in [1.807, 2.05) is 30.3 Å². The molecule has 110 valence electrons. The molecule has 1 heterocycles. The van der Waals surface area contributed by atoms with Crippen LogP contribution in [0.3, 0.4) is 0 Å². The van der Waals surface area contributed by atoms with E-state index in [4.69, 9.17) is 9.47 Å². The molecule has 5 heteroatoms. The molecule has 1 aromatic rings. The van der Waals surface area contributed by atoms with E-state index in [1.165, 1.54) is 7.11 Å². The highest BCUT2D eigenvalue weighted by molar-refractivity contribution is 5.78. The number of benzene rings is 1. The smallest absolute Gasteiger partial charge is 0.314 e. The van der Waals surface area contributed by atoms with Gasteiger partial charge >= 0.3 is 5.97 Å². The summed E-state index contributed by atoms with van der Waals surface area (Å²) in [5, 5.41) is 13.3. The number of aliphatic hydroxyl groups is 1. The molecule has 1 saturated heterocycles. The van der Waals surface area contributed by atoms with Crippen molar-refractivity contribution in [3.63, 3.8) is 0 Å². The number of methoxy groups -OCH3 is 1. The molecule has 0 amide bonds. The monoisotopic (exact) mass is 279 g/mol. The van der Waals surface area contributed by atoms with Crippen LogP contribution in [0.4, 0.5) is 0 Å². The molecule has 1 aliphatic heterocycles. The van der Waals surface area contributed by atoms with E-state index in [9.17, 15) is 9.90 Å². The number of esters is 1. The summed E-state index contributed by atoms with van der Waals surface area (Å²) in [6.07, 6.45) is 0.619. The van der Waals surface area contributed by atoms with E-state index in [-0.39, 0.29) is 11.9 Å². The lowest BCUT2D eigenvalue weighted by molar-refractivity contribution is -0.142. The molecule has 0 saturated carbocycles. The van der Waals surface area contributed by atoms with Gasteiger partial charge in [0, 0.05) is 26.1 Å². The van der Waals surface area contributed by atoms with Crippen molar-refractivity contribution in [1.82, 2.24) is 5.32 Å². The van der Waals surface area contributed by atoms with Crippen molar-refractivity contribution in [2.45, 2.75) is 17.9 Å². The largest absolute Gasteiger partial charge is 0.469 e. The molecule has 0 spiro atoms. The fraction of sp³-hybridized carbons (Fsp3) is 0.533. The van der Waals surface area contributed by atoms with Gasteiger partial charge in [-0.3, -0.25) is 4.79 Å². The van der Waals surface area contributed by atoms with Gasteiger partial charge in [-0.1, -0.05) is 30.3 Å². The minimum absolute atomic E-state index is 0.279. The number of hydrogen-bond acceptors (Lipinski definition) is 5. The summed E-state index contributed by atoms with van der Waals surface area (Å²) in [6.45, 7) is 1.76. The van der Waals surface area contributed by atoms with Crippen molar-refractivity contribution in [3.8, 4) is 0 Å². The summed E-state index contributed by atoms with van der Waals surface area (Å²) in [5.74, 6) is -0.648. The van der Waals surface area contributed by atoms with E-state index in [1.54, 1.807) is 0 Å². The molecule has 0 aliphatic carbocycles. The van der Waals surface area contributed by atoms with Gasteiger partial charge in [-0.05, 0) is 5.56 Å². The van der Waals surface area contributed by atoms with Gasteiger partial charge in [-0.15, -0.1) is 0 Å². The van der Waals surface area contributed by atoms with Gasteiger partial charge in [0.05, 0.1) is 19.6 Å². The van der Waals surface area contributed by atoms with Crippen molar-refractivity contribution in [2.24, 2.45) is 0 Å². The normalized spacial score (nSPS) is 23.5. The van der Waals surface area contributed by atoms with Crippen molar-refractivity contribution >= 4 is 5.97 Å². The first-order valence-corrected chi connectivity index (χ1v) is 6.78. The summed E-state index contributed by atoms with van der Waals surface area (Å²) in [6, 6.07) is 9.49. The number of hydrogen-bond donors (Lipinski definition) is 2. The van der Waals surface area contributed by atoms with Gasteiger partial charge in [0.15, 0.2) is 0 Å². The van der Waals surface area contributed by atoms with Crippen LogP contribution in [-0.2, 0) is 14.3 Å². The van der Waals surface area contributed by atoms with Crippen LogP contribution < -0.4 is 5.32 Å². The Labute approximate surface area is 118 Å². The molecule has 2 rings (SSSR count). The molecule has 0 aromatic heterocycles. The lowest BCUT2D eigenvalue weighted by Gasteiger charge is -2.23. The fourth-order valence-corrected chi connectivity index (χ4v) is 2.35. The first-order valence-electron chi connectivity index (χ1n) is 6.78. The molecule has 1 fully saturated rings. The number of rotatable bonds is 6. The lowest BCUT2D eigenvalue weighted by atomic mass is 9.98. The summed E-state index contributed by atoms with van der Waals surface area (Å²) in [4.78, 5) is 11.9. The first kappa shape index (κ1) is 15.0. The van der Waals surface area contributed by atoms with Gasteiger partial charge in [-0.2, -0.15) is 0 Å². The third-order valence-electron chi connectivity index (χ3n) is 3.57. The summed E-state index contributed by atoms with van der Waals surface area (Å²) in [7, 11) is 1.39. The van der Waals surface area contributed by atoms with Crippen molar-refractivity contribution in [2.75, 3.05) is 33.4 Å². The number of ether oxygens (including phenoxy) is 2. The second-order valence-electron chi connectivity index (χ2n) is 5.14. The van der Waals surface area contributed by atoms with Crippen LogP contribution in [0.5, 0.6) is 0 Å². The molecule has 1 aliphatic rings. The van der Waals surface area contributed by atoms with Crippen LogP contribution >= 0.6 is 0 Å². The topological polar surface area (TPSA) is 67.8 Å². The quantitative estimate of drug-likeness (QED) is 0.750. The van der Waals surface area contributed by atoms with Crippen molar-refractivity contribution in [3.05, 3.63) is 35.9 Å². The highest BCUT2D eigenvalue weighted by atomic mass is 16.5. The minimum atomic E-state index is -0.822. The van der Waals surface area contributed by atoms with Gasteiger partial charge in [-0.25, -0.2) is 0 Å². The Balaban J connectivity index is 1.93. The highest BCUT2D eigenvalue weighted by Crippen LogP contribution is 2.19. The number of carbonyl (C=O) groups excluding carboxylic acids is 1. The van der Waals surface area contributed by atoms with Crippen LogP contribution in [0, 0.1) is 0 Å². The zero-order valence-corrected chi connectivity index (χ0v) is 11.7. The molecule has 1 aromatic carbocycles. The van der Waals surface area contributed by atoms with Crippen molar-refractivity contribution in [1.29, 1.82) is 0 Å². The SMILES string of the molecule is COC(=O)C(CNCC1(O)CCOC1)c1ccccc1. The summed E-state index contributed by atoms with van der Waals surface area (Å²) >= 11 is 0. The van der Waals surface area contributed by atoms with Crippen LogP contribution in [0.25, 0.3) is 0 Å². The van der Waals surface area contributed by atoms with E-state index in [0.29, 0.717) is 32.7 Å². The molecular formula is C15H21NO4. The van der Waals surface area contributed by atoms with E-state index >= 15 is 0 Å². The van der Waals surface area contributed by atoms with Gasteiger partial charge in [0.25, 0.3) is 0 Å². The van der Waals surface area contributed by atoms with Crippen molar-refractivity contribution < 1.29 is 19.4 Å². The van der Waals surface area contributed by atoms with Gasteiger partial charge in [0.1, 0.15) is 5.60 Å². The van der Waals surface area contributed by atoms with Crippen LogP contribution in [0.15, 0.2) is 30.3 Å². The number of carbonyl (C=O) groups is 1.